The Bertz CT molecular complexity index is 201. The topological polar surface area (TPSA) is 46.0 Å². The number of aromatic nitrogens is 2. The Balaban J connectivity index is 2.25. The van der Waals surface area contributed by atoms with Crippen LogP contribution in [0.25, 0.3) is 0 Å². The molecule has 0 aromatic carbocycles. The van der Waals surface area contributed by atoms with Gasteiger partial charge in [-0.05, 0) is 18.0 Å². The summed E-state index contributed by atoms with van der Waals surface area (Å²) in [5.74, 6) is 0. The molecule has 1 aromatic rings. The van der Waals surface area contributed by atoms with E-state index < -0.39 is 0 Å². The van der Waals surface area contributed by atoms with Crippen molar-refractivity contribution in [1.82, 2.24) is 9.59 Å². The summed E-state index contributed by atoms with van der Waals surface area (Å²) in [5, 5.41) is 13.2. The van der Waals surface area contributed by atoms with E-state index in [2.05, 4.69) is 16.5 Å². The molecule has 0 radical (unpaired) electrons. The van der Waals surface area contributed by atoms with Crippen LogP contribution in [-0.2, 0) is 0 Å². The van der Waals surface area contributed by atoms with Gasteiger partial charge in [0.1, 0.15) is 0 Å². The monoisotopic (exact) mass is 186 g/mol. The maximum atomic E-state index is 9.57. The van der Waals surface area contributed by atoms with Gasteiger partial charge < -0.3 is 5.11 Å². The third-order valence-corrected chi connectivity index (χ3v) is 2.55. The SMILES string of the molecule is CCCCCC(O)c1cnns1. The number of aliphatic hydroxyl groups excluding tert-OH is 1. The number of hydrogen-bond acceptors (Lipinski definition) is 4. The van der Waals surface area contributed by atoms with Gasteiger partial charge in [-0.25, -0.2) is 0 Å². The normalized spacial score (nSPS) is 13.2. The fourth-order valence-electron chi connectivity index (χ4n) is 1.05. The van der Waals surface area contributed by atoms with Crippen LogP contribution < -0.4 is 0 Å². The van der Waals surface area contributed by atoms with Crippen molar-refractivity contribution in [1.29, 1.82) is 0 Å². The van der Waals surface area contributed by atoms with Gasteiger partial charge in [0.25, 0.3) is 0 Å². The zero-order valence-electron chi connectivity index (χ0n) is 7.23. The van der Waals surface area contributed by atoms with Crippen molar-refractivity contribution in [2.75, 3.05) is 0 Å². The molecule has 0 fully saturated rings. The summed E-state index contributed by atoms with van der Waals surface area (Å²) in [4.78, 5) is 0.881. The molecule has 3 nitrogen and oxygen atoms in total. The standard InChI is InChI=1S/C8H14N2OS/c1-2-3-4-5-7(11)8-6-9-10-12-8/h6-7,11H,2-5H2,1H3. The Morgan fingerprint density at radius 3 is 3.00 bits per heavy atom. The Kier molecular flexibility index (Phi) is 4.18. The third-order valence-electron chi connectivity index (χ3n) is 1.79. The van der Waals surface area contributed by atoms with Gasteiger partial charge in [-0.1, -0.05) is 30.7 Å². The summed E-state index contributed by atoms with van der Waals surface area (Å²) < 4.78 is 3.70. The smallest absolute Gasteiger partial charge is 0.0914 e. The Labute approximate surface area is 76.6 Å². The zero-order valence-corrected chi connectivity index (χ0v) is 8.05. The number of hydrogen-bond donors (Lipinski definition) is 1. The molecule has 0 aliphatic carbocycles. The first-order valence-corrected chi connectivity index (χ1v) is 5.07. The predicted octanol–water partition coefficient (Wildman–Crippen LogP) is 2.15. The van der Waals surface area contributed by atoms with E-state index in [1.54, 1.807) is 6.20 Å². The van der Waals surface area contributed by atoms with Gasteiger partial charge in [0.15, 0.2) is 0 Å². The molecule has 0 bridgehead atoms. The van der Waals surface area contributed by atoms with Crippen molar-refractivity contribution in [3.05, 3.63) is 11.1 Å². The molecular weight excluding hydrogens is 172 g/mol. The van der Waals surface area contributed by atoms with Crippen LogP contribution in [-0.4, -0.2) is 14.7 Å². The average Bonchev–Trinajstić information content (AvgIpc) is 2.56. The molecule has 12 heavy (non-hydrogen) atoms. The lowest BCUT2D eigenvalue weighted by Crippen LogP contribution is -1.93. The zero-order chi connectivity index (χ0) is 8.81. The highest BCUT2D eigenvalue weighted by atomic mass is 32.1. The highest BCUT2D eigenvalue weighted by Crippen LogP contribution is 2.20. The Hall–Kier alpha value is -0.480. The molecule has 0 saturated heterocycles. The Morgan fingerprint density at radius 1 is 1.58 bits per heavy atom. The highest BCUT2D eigenvalue weighted by Gasteiger charge is 2.08. The van der Waals surface area contributed by atoms with Crippen LogP contribution in [0.5, 0.6) is 0 Å². The molecule has 4 heteroatoms. The van der Waals surface area contributed by atoms with Gasteiger partial charge in [0.05, 0.1) is 17.2 Å². The van der Waals surface area contributed by atoms with E-state index in [1.807, 2.05) is 0 Å². The van der Waals surface area contributed by atoms with E-state index in [1.165, 1.54) is 24.4 Å². The second kappa shape index (κ2) is 5.22. The van der Waals surface area contributed by atoms with E-state index in [9.17, 15) is 5.11 Å². The van der Waals surface area contributed by atoms with E-state index >= 15 is 0 Å². The second-order valence-electron chi connectivity index (χ2n) is 2.83. The first kappa shape index (κ1) is 9.61. The van der Waals surface area contributed by atoms with E-state index in [4.69, 9.17) is 0 Å². The van der Waals surface area contributed by atoms with Crippen LogP contribution in [0.4, 0.5) is 0 Å². The van der Waals surface area contributed by atoms with E-state index in [-0.39, 0.29) is 6.10 Å². The van der Waals surface area contributed by atoms with E-state index in [0.29, 0.717) is 0 Å². The molecule has 0 amide bonds. The van der Waals surface area contributed by atoms with Gasteiger partial charge >= 0.3 is 0 Å². The molecule has 1 aromatic heterocycles. The number of rotatable bonds is 5. The van der Waals surface area contributed by atoms with Crippen molar-refractivity contribution in [2.45, 2.75) is 38.7 Å². The molecule has 0 aliphatic rings. The lowest BCUT2D eigenvalue weighted by molar-refractivity contribution is 0.167. The van der Waals surface area contributed by atoms with Crippen LogP contribution in [0, 0.1) is 0 Å². The summed E-state index contributed by atoms with van der Waals surface area (Å²) >= 11 is 1.28. The maximum Gasteiger partial charge on any atom is 0.0914 e. The fraction of sp³-hybridized carbons (Fsp3) is 0.750. The summed E-state index contributed by atoms with van der Waals surface area (Å²) in [6.07, 6.45) is 5.57. The quantitative estimate of drug-likeness (QED) is 0.717. The van der Waals surface area contributed by atoms with Gasteiger partial charge in [0, 0.05) is 0 Å². The lowest BCUT2D eigenvalue weighted by atomic mass is 10.1. The molecule has 1 rings (SSSR count). The molecule has 1 N–H and O–H groups in total. The van der Waals surface area contributed by atoms with Crippen LogP contribution in [0.15, 0.2) is 6.20 Å². The van der Waals surface area contributed by atoms with Gasteiger partial charge in [-0.2, -0.15) is 0 Å². The molecular formula is C8H14N2OS. The van der Waals surface area contributed by atoms with Crippen LogP contribution in [0.2, 0.25) is 0 Å². The molecule has 0 saturated carbocycles. The molecule has 0 spiro atoms. The van der Waals surface area contributed by atoms with Crippen molar-refractivity contribution >= 4 is 11.5 Å². The van der Waals surface area contributed by atoms with Crippen LogP contribution in [0.1, 0.15) is 43.6 Å². The average molecular weight is 186 g/mol. The number of aliphatic hydroxyl groups is 1. The third kappa shape index (κ3) is 2.87. The molecule has 1 heterocycles. The molecule has 0 aliphatic heterocycles. The van der Waals surface area contributed by atoms with Crippen LogP contribution in [0.3, 0.4) is 0 Å². The molecule has 1 unspecified atom stereocenters. The fourth-order valence-corrected chi connectivity index (χ4v) is 1.57. The van der Waals surface area contributed by atoms with E-state index in [0.717, 1.165) is 17.7 Å². The van der Waals surface area contributed by atoms with Crippen molar-refractivity contribution in [2.24, 2.45) is 0 Å². The minimum absolute atomic E-state index is 0.350. The largest absolute Gasteiger partial charge is 0.387 e. The highest BCUT2D eigenvalue weighted by molar-refractivity contribution is 7.05. The minimum atomic E-state index is -0.350. The predicted molar refractivity (Wildman–Crippen MR) is 49.0 cm³/mol. The van der Waals surface area contributed by atoms with Crippen molar-refractivity contribution < 1.29 is 5.11 Å². The summed E-state index contributed by atoms with van der Waals surface area (Å²) in [6, 6.07) is 0. The van der Waals surface area contributed by atoms with Gasteiger partial charge in [-0.15, -0.1) is 5.10 Å². The number of nitrogens with zero attached hydrogens (tertiary/aromatic N) is 2. The Morgan fingerprint density at radius 2 is 2.42 bits per heavy atom. The first-order valence-electron chi connectivity index (χ1n) is 4.30. The summed E-state index contributed by atoms with van der Waals surface area (Å²) in [7, 11) is 0. The number of unbranched alkanes of at least 4 members (excludes halogenated alkanes) is 2. The maximum absolute atomic E-state index is 9.57. The van der Waals surface area contributed by atoms with Gasteiger partial charge in [0.2, 0.25) is 0 Å². The summed E-state index contributed by atoms with van der Waals surface area (Å²) in [5.41, 5.74) is 0. The van der Waals surface area contributed by atoms with Crippen molar-refractivity contribution in [3.8, 4) is 0 Å². The van der Waals surface area contributed by atoms with Crippen LogP contribution >= 0.6 is 11.5 Å². The first-order chi connectivity index (χ1) is 5.84. The second-order valence-corrected chi connectivity index (χ2v) is 3.65. The molecule has 1 atom stereocenters. The van der Waals surface area contributed by atoms with Crippen molar-refractivity contribution in [3.63, 3.8) is 0 Å². The molecule has 68 valence electrons. The van der Waals surface area contributed by atoms with Gasteiger partial charge in [-0.3, -0.25) is 0 Å². The minimum Gasteiger partial charge on any atom is -0.387 e. The summed E-state index contributed by atoms with van der Waals surface area (Å²) in [6.45, 7) is 2.15. The lowest BCUT2D eigenvalue weighted by Gasteiger charge is -2.05.